The first-order valence-electron chi connectivity index (χ1n) is 3.49. The van der Waals surface area contributed by atoms with Crippen molar-refractivity contribution in [2.24, 2.45) is 0 Å². The van der Waals surface area contributed by atoms with Gasteiger partial charge in [0.05, 0.1) is 6.20 Å². The van der Waals surface area contributed by atoms with Crippen molar-refractivity contribution in [2.75, 3.05) is 6.61 Å². The van der Waals surface area contributed by atoms with Crippen molar-refractivity contribution in [3.05, 3.63) is 23.9 Å². The minimum Gasteiger partial charge on any atom is -0.467 e. The maximum atomic E-state index is 11.7. The molecule has 0 aromatic carbocycles. The standard InChI is InChI=1S/C8H4F3N2O/c9-8(10,11)5-14-7-6(4-12)2-1-3-13-7/h1-2H,5H2. The summed E-state index contributed by atoms with van der Waals surface area (Å²) in [6, 6.07) is 4.25. The van der Waals surface area contributed by atoms with Gasteiger partial charge < -0.3 is 4.74 Å². The van der Waals surface area contributed by atoms with Crippen LogP contribution in [0.5, 0.6) is 5.88 Å². The summed E-state index contributed by atoms with van der Waals surface area (Å²) in [5.74, 6) is -0.354. The summed E-state index contributed by atoms with van der Waals surface area (Å²) in [5, 5.41) is 8.48. The number of nitrogens with zero attached hydrogens (tertiary/aromatic N) is 2. The highest BCUT2D eigenvalue weighted by Crippen LogP contribution is 2.18. The molecule has 0 atom stereocenters. The third kappa shape index (κ3) is 2.94. The first-order chi connectivity index (χ1) is 6.53. The van der Waals surface area contributed by atoms with E-state index >= 15 is 0 Å². The zero-order valence-corrected chi connectivity index (χ0v) is 6.80. The van der Waals surface area contributed by atoms with E-state index < -0.39 is 12.8 Å². The van der Waals surface area contributed by atoms with E-state index in [4.69, 9.17) is 5.26 Å². The molecule has 0 N–H and O–H groups in total. The van der Waals surface area contributed by atoms with Crippen molar-refractivity contribution in [2.45, 2.75) is 6.18 Å². The molecule has 6 heteroatoms. The number of nitriles is 1. The number of hydrogen-bond acceptors (Lipinski definition) is 3. The zero-order chi connectivity index (χ0) is 10.6. The van der Waals surface area contributed by atoms with Gasteiger partial charge in [-0.15, -0.1) is 0 Å². The van der Waals surface area contributed by atoms with Crippen molar-refractivity contribution < 1.29 is 17.9 Å². The lowest BCUT2D eigenvalue weighted by molar-refractivity contribution is -0.154. The van der Waals surface area contributed by atoms with E-state index in [-0.39, 0.29) is 11.4 Å². The molecular formula is C8H4F3N2O. The van der Waals surface area contributed by atoms with Crippen molar-refractivity contribution in [1.29, 1.82) is 5.26 Å². The highest BCUT2D eigenvalue weighted by molar-refractivity contribution is 5.36. The number of rotatable bonds is 2. The summed E-state index contributed by atoms with van der Waals surface area (Å²) in [5.41, 5.74) is -0.0481. The first kappa shape index (κ1) is 10.3. The van der Waals surface area contributed by atoms with E-state index in [0.29, 0.717) is 0 Å². The third-order valence-corrected chi connectivity index (χ3v) is 1.21. The van der Waals surface area contributed by atoms with Crippen LogP contribution in [0.3, 0.4) is 0 Å². The fourth-order valence-corrected chi connectivity index (χ4v) is 0.693. The second-order valence-corrected chi connectivity index (χ2v) is 2.31. The second-order valence-electron chi connectivity index (χ2n) is 2.31. The molecule has 1 heterocycles. The molecule has 1 aromatic rings. The normalized spacial score (nSPS) is 10.7. The zero-order valence-electron chi connectivity index (χ0n) is 6.80. The molecule has 0 aliphatic carbocycles. The van der Waals surface area contributed by atoms with Crippen LogP contribution in [-0.4, -0.2) is 17.8 Å². The lowest BCUT2D eigenvalue weighted by Crippen LogP contribution is -2.20. The van der Waals surface area contributed by atoms with Gasteiger partial charge in [-0.3, -0.25) is 0 Å². The molecule has 0 saturated heterocycles. The van der Waals surface area contributed by atoms with Gasteiger partial charge in [-0.1, -0.05) is 0 Å². The van der Waals surface area contributed by atoms with Crippen LogP contribution in [-0.2, 0) is 0 Å². The Bertz CT molecular complexity index is 356. The molecule has 1 radical (unpaired) electrons. The van der Waals surface area contributed by atoms with Crippen molar-refractivity contribution >= 4 is 0 Å². The van der Waals surface area contributed by atoms with E-state index in [1.54, 1.807) is 6.07 Å². The Morgan fingerprint density at radius 3 is 2.86 bits per heavy atom. The van der Waals surface area contributed by atoms with Gasteiger partial charge in [0.2, 0.25) is 5.88 Å². The predicted octanol–water partition coefficient (Wildman–Crippen LogP) is 1.69. The number of ether oxygens (including phenoxy) is 1. The summed E-state index contributed by atoms with van der Waals surface area (Å²) in [7, 11) is 0. The molecule has 0 unspecified atom stereocenters. The largest absolute Gasteiger partial charge is 0.467 e. The molecule has 0 bridgehead atoms. The summed E-state index contributed by atoms with van der Waals surface area (Å²) in [4.78, 5) is 3.38. The number of hydrogen-bond donors (Lipinski definition) is 0. The van der Waals surface area contributed by atoms with Crippen LogP contribution < -0.4 is 4.74 Å². The van der Waals surface area contributed by atoms with Crippen LogP contribution in [0.15, 0.2) is 12.1 Å². The molecule has 1 aromatic heterocycles. The summed E-state index contributed by atoms with van der Waals surface area (Å²) in [6.45, 7) is -1.47. The molecule has 0 aliphatic rings. The molecule has 14 heavy (non-hydrogen) atoms. The van der Waals surface area contributed by atoms with E-state index in [1.807, 2.05) is 0 Å². The SMILES string of the molecule is N#Cc1cc[c]nc1OCC(F)(F)F. The Balaban J connectivity index is 2.73. The quantitative estimate of drug-likeness (QED) is 0.731. The average molecular weight is 201 g/mol. The van der Waals surface area contributed by atoms with Crippen molar-refractivity contribution in [1.82, 2.24) is 4.98 Å². The Kier molecular flexibility index (Phi) is 2.92. The molecule has 0 spiro atoms. The third-order valence-electron chi connectivity index (χ3n) is 1.21. The van der Waals surface area contributed by atoms with E-state index in [0.717, 1.165) is 0 Å². The van der Waals surface area contributed by atoms with Gasteiger partial charge in [0, 0.05) is 0 Å². The molecule has 0 aliphatic heterocycles. The van der Waals surface area contributed by atoms with Crippen molar-refractivity contribution in [3.63, 3.8) is 0 Å². The minimum absolute atomic E-state index is 0.0481. The summed E-state index contributed by atoms with van der Waals surface area (Å²) >= 11 is 0. The van der Waals surface area contributed by atoms with Gasteiger partial charge in [-0.2, -0.15) is 18.4 Å². The van der Waals surface area contributed by atoms with E-state index in [1.165, 1.54) is 12.1 Å². The molecule has 1 rings (SSSR count). The van der Waals surface area contributed by atoms with Crippen LogP contribution in [0.2, 0.25) is 0 Å². The van der Waals surface area contributed by atoms with Crippen LogP contribution in [0.4, 0.5) is 13.2 Å². The molecule has 0 saturated carbocycles. The molecule has 3 nitrogen and oxygen atoms in total. The Labute approximate surface area is 77.7 Å². The lowest BCUT2D eigenvalue weighted by atomic mass is 10.3. The van der Waals surface area contributed by atoms with Gasteiger partial charge in [0.1, 0.15) is 11.6 Å². The molecular weight excluding hydrogens is 197 g/mol. The lowest BCUT2D eigenvalue weighted by Gasteiger charge is -2.08. The number of aromatic nitrogens is 1. The molecule has 73 valence electrons. The van der Waals surface area contributed by atoms with Gasteiger partial charge in [-0.25, -0.2) is 4.98 Å². The van der Waals surface area contributed by atoms with Crippen LogP contribution in [0.1, 0.15) is 5.56 Å². The Morgan fingerprint density at radius 1 is 1.57 bits per heavy atom. The van der Waals surface area contributed by atoms with Gasteiger partial charge in [0.25, 0.3) is 0 Å². The number of alkyl halides is 3. The molecule has 0 fully saturated rings. The maximum absolute atomic E-state index is 11.7. The topological polar surface area (TPSA) is 45.9 Å². The smallest absolute Gasteiger partial charge is 0.422 e. The van der Waals surface area contributed by atoms with E-state index in [2.05, 4.69) is 15.9 Å². The fraction of sp³-hybridized carbons (Fsp3) is 0.250. The maximum Gasteiger partial charge on any atom is 0.422 e. The highest BCUT2D eigenvalue weighted by atomic mass is 19.4. The van der Waals surface area contributed by atoms with E-state index in [9.17, 15) is 13.2 Å². The van der Waals surface area contributed by atoms with Gasteiger partial charge in [0.15, 0.2) is 6.61 Å². The Morgan fingerprint density at radius 2 is 2.29 bits per heavy atom. The number of pyridine rings is 1. The minimum atomic E-state index is -4.44. The van der Waals surface area contributed by atoms with Gasteiger partial charge >= 0.3 is 6.18 Å². The average Bonchev–Trinajstić information content (AvgIpc) is 2.14. The van der Waals surface area contributed by atoms with Crippen LogP contribution >= 0.6 is 0 Å². The van der Waals surface area contributed by atoms with Crippen LogP contribution in [0.25, 0.3) is 0 Å². The summed E-state index contributed by atoms with van der Waals surface area (Å²) in [6.07, 6.45) is -2.16. The number of halogens is 3. The Hall–Kier alpha value is -1.77. The molecule has 0 amide bonds. The van der Waals surface area contributed by atoms with Crippen molar-refractivity contribution in [3.8, 4) is 11.9 Å². The predicted molar refractivity (Wildman–Crippen MR) is 39.3 cm³/mol. The highest BCUT2D eigenvalue weighted by Gasteiger charge is 2.29. The monoisotopic (exact) mass is 201 g/mol. The first-order valence-corrected chi connectivity index (χ1v) is 3.49. The summed E-state index contributed by atoms with van der Waals surface area (Å²) < 4.78 is 39.5. The van der Waals surface area contributed by atoms with Crippen LogP contribution in [0, 0.1) is 17.5 Å². The van der Waals surface area contributed by atoms with Gasteiger partial charge in [-0.05, 0) is 12.1 Å². The fourth-order valence-electron chi connectivity index (χ4n) is 0.693. The second kappa shape index (κ2) is 3.96.